The molecule has 4 rings (SSSR count). The Hall–Kier alpha value is -2.77. The second kappa shape index (κ2) is 10.7. The van der Waals surface area contributed by atoms with Crippen LogP contribution in [0, 0.1) is 12.8 Å². The first kappa shape index (κ1) is 24.4. The number of aryl methyl sites for hydroxylation is 1. The van der Waals surface area contributed by atoms with Crippen LogP contribution < -0.4 is 5.32 Å². The molecule has 1 aromatic heterocycles. The van der Waals surface area contributed by atoms with E-state index >= 15 is 0 Å². The van der Waals surface area contributed by atoms with Crippen molar-refractivity contribution in [3.63, 3.8) is 0 Å². The second-order valence-electron chi connectivity index (χ2n) is 8.69. The summed E-state index contributed by atoms with van der Waals surface area (Å²) in [5.74, 6) is 0.485. The zero-order chi connectivity index (χ0) is 24.2. The van der Waals surface area contributed by atoms with E-state index in [0.29, 0.717) is 22.0 Å². The van der Waals surface area contributed by atoms with E-state index in [2.05, 4.69) is 16.4 Å². The predicted molar refractivity (Wildman–Crippen MR) is 139 cm³/mol. The predicted octanol–water partition coefficient (Wildman–Crippen LogP) is 5.74. The van der Waals surface area contributed by atoms with Gasteiger partial charge in [-0.05, 0) is 73.4 Å². The molecule has 2 aromatic carbocycles. The van der Waals surface area contributed by atoms with Gasteiger partial charge >= 0.3 is 0 Å². The Morgan fingerprint density at radius 3 is 2.68 bits per heavy atom. The van der Waals surface area contributed by atoms with E-state index in [1.807, 2.05) is 42.5 Å². The molecule has 0 radical (unpaired) electrons. The Morgan fingerprint density at radius 1 is 1.21 bits per heavy atom. The number of fused-ring (bicyclic) bond motifs is 1. The minimum Gasteiger partial charge on any atom is -0.341 e. The van der Waals surface area contributed by atoms with Gasteiger partial charge in [0.15, 0.2) is 0 Å². The lowest BCUT2D eigenvalue weighted by molar-refractivity contribution is 0.0791. The number of rotatable bonds is 7. The lowest BCUT2D eigenvalue weighted by Gasteiger charge is -2.22. The van der Waals surface area contributed by atoms with Gasteiger partial charge < -0.3 is 15.2 Å². The fourth-order valence-electron chi connectivity index (χ4n) is 4.27. The number of benzene rings is 2. The van der Waals surface area contributed by atoms with Crippen molar-refractivity contribution in [2.75, 3.05) is 19.3 Å². The van der Waals surface area contributed by atoms with Crippen molar-refractivity contribution in [3.05, 3.63) is 75.4 Å². The van der Waals surface area contributed by atoms with Gasteiger partial charge in [-0.15, -0.1) is 11.8 Å². The minimum absolute atomic E-state index is 0.00968. The first-order valence-corrected chi connectivity index (χ1v) is 13.1. The summed E-state index contributed by atoms with van der Waals surface area (Å²) in [5, 5.41) is 5.77. The smallest absolute Gasteiger partial charge is 0.254 e. The quantitative estimate of drug-likeness (QED) is 0.437. The topological polar surface area (TPSA) is 78.1 Å². The minimum atomic E-state index is -0.367. The van der Waals surface area contributed by atoms with E-state index in [4.69, 9.17) is 16.6 Å². The zero-order valence-electron chi connectivity index (χ0n) is 19.6. The number of aromatic amines is 1. The SMILES string of the molecule is CS/C=C\C(C)C(NC(=O)c1ccc(C(=O)N2CCCC2)c(C)c1)c1nc2ccc(Cl)cc2[nH]1. The van der Waals surface area contributed by atoms with Gasteiger partial charge in [-0.3, -0.25) is 9.59 Å². The highest BCUT2D eigenvalue weighted by atomic mass is 35.5. The number of aromatic nitrogens is 2. The van der Waals surface area contributed by atoms with Gasteiger partial charge in [0.2, 0.25) is 0 Å². The molecule has 0 spiro atoms. The highest BCUT2D eigenvalue weighted by Crippen LogP contribution is 2.26. The molecule has 0 bridgehead atoms. The molecule has 2 unspecified atom stereocenters. The standard InChI is InChI=1S/C26H29ClN4O2S/c1-16(10-13-34-3)23(24-28-21-9-7-19(27)15-22(21)29-24)30-25(32)18-6-8-20(17(2)14-18)26(33)31-11-4-5-12-31/h6-10,13-16,23H,4-5,11-12H2,1-3H3,(H,28,29)(H,30,32)/b13-10-. The van der Waals surface area contributed by atoms with Crippen LogP contribution in [0.2, 0.25) is 5.02 Å². The van der Waals surface area contributed by atoms with Crippen molar-refractivity contribution in [2.24, 2.45) is 5.92 Å². The molecule has 1 aliphatic rings. The van der Waals surface area contributed by atoms with Gasteiger partial charge in [-0.25, -0.2) is 4.98 Å². The third-order valence-corrected chi connectivity index (χ3v) is 6.86. The molecule has 2 atom stereocenters. The number of thioether (sulfide) groups is 1. The summed E-state index contributed by atoms with van der Waals surface area (Å²) in [6.45, 7) is 5.52. The normalized spacial score (nSPS) is 15.7. The van der Waals surface area contributed by atoms with Crippen molar-refractivity contribution in [1.82, 2.24) is 20.2 Å². The van der Waals surface area contributed by atoms with Crippen molar-refractivity contribution < 1.29 is 9.59 Å². The molecule has 178 valence electrons. The van der Waals surface area contributed by atoms with Gasteiger partial charge in [0.1, 0.15) is 5.82 Å². The summed E-state index contributed by atoms with van der Waals surface area (Å²) in [4.78, 5) is 36.0. The second-order valence-corrected chi connectivity index (χ2v) is 9.87. The molecule has 3 aromatic rings. The molecule has 34 heavy (non-hydrogen) atoms. The van der Waals surface area contributed by atoms with Crippen LogP contribution in [0.15, 0.2) is 47.9 Å². The first-order chi connectivity index (χ1) is 16.4. The molecular formula is C26H29ClN4O2S. The van der Waals surface area contributed by atoms with Crippen LogP contribution in [-0.2, 0) is 0 Å². The highest BCUT2D eigenvalue weighted by Gasteiger charge is 2.25. The molecule has 8 heteroatoms. The molecular weight excluding hydrogens is 468 g/mol. The lowest BCUT2D eigenvalue weighted by Crippen LogP contribution is -2.33. The summed E-state index contributed by atoms with van der Waals surface area (Å²) in [6.07, 6.45) is 6.14. The number of H-pyrrole nitrogens is 1. The molecule has 1 fully saturated rings. The Bertz CT molecular complexity index is 1230. The maximum Gasteiger partial charge on any atom is 0.254 e. The van der Waals surface area contributed by atoms with Gasteiger partial charge in [0.25, 0.3) is 11.8 Å². The monoisotopic (exact) mass is 496 g/mol. The number of nitrogens with zero attached hydrogens (tertiary/aromatic N) is 2. The van der Waals surface area contributed by atoms with Crippen LogP contribution in [0.3, 0.4) is 0 Å². The van der Waals surface area contributed by atoms with Crippen molar-refractivity contribution in [2.45, 2.75) is 32.7 Å². The number of amides is 2. The fraction of sp³-hybridized carbons (Fsp3) is 0.346. The number of halogens is 1. The van der Waals surface area contributed by atoms with E-state index in [-0.39, 0.29) is 23.8 Å². The van der Waals surface area contributed by atoms with E-state index in [0.717, 1.165) is 42.5 Å². The van der Waals surface area contributed by atoms with Crippen molar-refractivity contribution >= 4 is 46.2 Å². The van der Waals surface area contributed by atoms with Crippen LogP contribution in [0.1, 0.15) is 57.9 Å². The summed E-state index contributed by atoms with van der Waals surface area (Å²) in [6, 6.07) is 10.4. The number of hydrogen-bond acceptors (Lipinski definition) is 4. The molecule has 2 amide bonds. The maximum absolute atomic E-state index is 13.3. The van der Waals surface area contributed by atoms with Gasteiger partial charge in [-0.1, -0.05) is 24.6 Å². The number of carbonyl (C=O) groups is 2. The average molecular weight is 497 g/mol. The largest absolute Gasteiger partial charge is 0.341 e. The van der Waals surface area contributed by atoms with Crippen LogP contribution in [0.25, 0.3) is 11.0 Å². The number of imidazole rings is 1. The average Bonchev–Trinajstić information content (AvgIpc) is 3.50. The third kappa shape index (κ3) is 5.31. The van der Waals surface area contributed by atoms with E-state index in [9.17, 15) is 9.59 Å². The Balaban J connectivity index is 1.59. The van der Waals surface area contributed by atoms with E-state index < -0.39 is 0 Å². The highest BCUT2D eigenvalue weighted by molar-refractivity contribution is 8.01. The lowest BCUT2D eigenvalue weighted by atomic mass is 9.99. The van der Waals surface area contributed by atoms with Gasteiger partial charge in [0.05, 0.1) is 17.1 Å². The first-order valence-electron chi connectivity index (χ1n) is 11.4. The van der Waals surface area contributed by atoms with E-state index in [1.165, 1.54) is 0 Å². The Labute approximate surface area is 209 Å². The molecule has 0 saturated carbocycles. The molecule has 2 heterocycles. The van der Waals surface area contributed by atoms with Crippen LogP contribution in [0.5, 0.6) is 0 Å². The fourth-order valence-corrected chi connectivity index (χ4v) is 4.85. The number of hydrogen-bond donors (Lipinski definition) is 2. The summed E-state index contributed by atoms with van der Waals surface area (Å²) in [5.41, 5.74) is 3.58. The number of carbonyl (C=O) groups excluding carboxylic acids is 2. The summed E-state index contributed by atoms with van der Waals surface area (Å²) >= 11 is 7.74. The number of nitrogens with one attached hydrogen (secondary N) is 2. The molecule has 6 nitrogen and oxygen atoms in total. The molecule has 0 aliphatic carbocycles. The van der Waals surface area contributed by atoms with Crippen molar-refractivity contribution in [1.29, 1.82) is 0 Å². The molecule has 1 aliphatic heterocycles. The van der Waals surface area contributed by atoms with Gasteiger partial charge in [-0.2, -0.15) is 0 Å². The third-order valence-electron chi connectivity index (χ3n) is 6.20. The van der Waals surface area contributed by atoms with Crippen LogP contribution in [-0.4, -0.2) is 46.0 Å². The van der Waals surface area contributed by atoms with E-state index in [1.54, 1.807) is 36.0 Å². The summed E-state index contributed by atoms with van der Waals surface area (Å²) < 4.78 is 0. The molecule has 2 N–H and O–H groups in total. The number of likely N-dealkylation sites (tertiary alicyclic amines) is 1. The Morgan fingerprint density at radius 2 is 1.97 bits per heavy atom. The molecule has 1 saturated heterocycles. The Kier molecular flexibility index (Phi) is 7.63. The maximum atomic E-state index is 13.3. The van der Waals surface area contributed by atoms with Crippen LogP contribution in [0.4, 0.5) is 0 Å². The van der Waals surface area contributed by atoms with Crippen LogP contribution >= 0.6 is 23.4 Å². The van der Waals surface area contributed by atoms with Gasteiger partial charge in [0, 0.05) is 35.2 Å². The van der Waals surface area contributed by atoms with Crippen molar-refractivity contribution in [3.8, 4) is 0 Å². The summed E-state index contributed by atoms with van der Waals surface area (Å²) in [7, 11) is 0. The zero-order valence-corrected chi connectivity index (χ0v) is 21.2.